The van der Waals surface area contributed by atoms with E-state index in [1.807, 2.05) is 6.07 Å². The molecule has 2 heterocycles. The molecular formula is C22H21ClN4O4. The third-order valence-electron chi connectivity index (χ3n) is 5.35. The van der Waals surface area contributed by atoms with Crippen molar-refractivity contribution in [1.29, 1.82) is 0 Å². The SMILES string of the molecule is CN(Cc1cccc2c(O)n(C3CCC(=O)NC3=O)cc12)C(=O)Nc1ccc(Cl)cc1. The minimum Gasteiger partial charge on any atom is -0.494 e. The second kappa shape index (κ2) is 8.31. The van der Waals surface area contributed by atoms with E-state index in [2.05, 4.69) is 10.6 Å². The summed E-state index contributed by atoms with van der Waals surface area (Å²) in [5, 5.41) is 17.7. The van der Waals surface area contributed by atoms with Crippen LogP contribution in [0.4, 0.5) is 10.5 Å². The van der Waals surface area contributed by atoms with Gasteiger partial charge in [0.25, 0.3) is 0 Å². The smallest absolute Gasteiger partial charge is 0.321 e. The number of halogens is 1. The van der Waals surface area contributed by atoms with Gasteiger partial charge in [-0.25, -0.2) is 4.79 Å². The highest BCUT2D eigenvalue weighted by Crippen LogP contribution is 2.34. The number of nitrogens with one attached hydrogen (secondary N) is 2. The average molecular weight is 441 g/mol. The van der Waals surface area contributed by atoms with Crippen molar-refractivity contribution >= 4 is 45.9 Å². The van der Waals surface area contributed by atoms with Crippen LogP contribution in [0.25, 0.3) is 10.8 Å². The molecular weight excluding hydrogens is 420 g/mol. The van der Waals surface area contributed by atoms with Gasteiger partial charge in [0.2, 0.25) is 11.8 Å². The van der Waals surface area contributed by atoms with Crippen molar-refractivity contribution in [3.8, 4) is 5.88 Å². The highest BCUT2D eigenvalue weighted by Gasteiger charge is 2.30. The third-order valence-corrected chi connectivity index (χ3v) is 5.60. The molecule has 1 fully saturated rings. The minimum atomic E-state index is -0.663. The van der Waals surface area contributed by atoms with Crippen LogP contribution in [0.1, 0.15) is 24.4 Å². The molecule has 160 valence electrons. The van der Waals surface area contributed by atoms with Crippen LogP contribution < -0.4 is 10.6 Å². The Bertz CT molecular complexity index is 1170. The number of nitrogens with zero attached hydrogens (tertiary/aromatic N) is 2. The topological polar surface area (TPSA) is 104 Å². The molecule has 4 rings (SSSR count). The summed E-state index contributed by atoms with van der Waals surface area (Å²) < 4.78 is 1.49. The summed E-state index contributed by atoms with van der Waals surface area (Å²) in [6, 6.07) is 11.3. The summed E-state index contributed by atoms with van der Waals surface area (Å²) in [6.07, 6.45) is 2.23. The zero-order chi connectivity index (χ0) is 22.1. The molecule has 0 aliphatic carbocycles. The van der Waals surface area contributed by atoms with Gasteiger partial charge in [0.15, 0.2) is 5.88 Å². The fraction of sp³-hybridized carbons (Fsp3) is 0.227. The van der Waals surface area contributed by atoms with E-state index in [4.69, 9.17) is 11.6 Å². The molecule has 0 spiro atoms. The molecule has 0 bridgehead atoms. The first kappa shape index (κ1) is 20.7. The molecule has 8 nitrogen and oxygen atoms in total. The number of imide groups is 1. The number of carbonyl (C=O) groups excluding carboxylic acids is 3. The lowest BCUT2D eigenvalue weighted by Gasteiger charge is -2.22. The molecule has 1 unspecified atom stereocenters. The lowest BCUT2D eigenvalue weighted by Crippen LogP contribution is -2.41. The molecule has 1 aliphatic rings. The Morgan fingerprint density at radius 3 is 2.68 bits per heavy atom. The Hall–Kier alpha value is -3.52. The second-order valence-corrected chi connectivity index (χ2v) is 7.93. The number of aromatic nitrogens is 1. The number of hydrogen-bond donors (Lipinski definition) is 3. The van der Waals surface area contributed by atoms with Crippen LogP contribution in [0.15, 0.2) is 48.7 Å². The van der Waals surface area contributed by atoms with E-state index in [0.29, 0.717) is 22.5 Å². The van der Waals surface area contributed by atoms with Gasteiger partial charge in [-0.15, -0.1) is 0 Å². The first-order valence-corrected chi connectivity index (χ1v) is 10.1. The summed E-state index contributed by atoms with van der Waals surface area (Å²) >= 11 is 5.87. The molecule has 1 atom stereocenters. The monoisotopic (exact) mass is 440 g/mol. The minimum absolute atomic E-state index is 0.0420. The Labute approximate surface area is 183 Å². The van der Waals surface area contributed by atoms with Gasteiger partial charge in [0, 0.05) is 47.7 Å². The Kier molecular flexibility index (Phi) is 5.56. The number of fused-ring (bicyclic) bond motifs is 1. The first-order chi connectivity index (χ1) is 14.8. The number of hydrogen-bond acceptors (Lipinski definition) is 4. The number of aromatic hydroxyl groups is 1. The molecule has 31 heavy (non-hydrogen) atoms. The largest absolute Gasteiger partial charge is 0.494 e. The third kappa shape index (κ3) is 4.20. The predicted octanol–water partition coefficient (Wildman–Crippen LogP) is 3.64. The Morgan fingerprint density at radius 1 is 1.23 bits per heavy atom. The van der Waals surface area contributed by atoms with Crippen LogP contribution in [0.3, 0.4) is 0 Å². The average Bonchev–Trinajstić information content (AvgIpc) is 3.07. The number of piperidine rings is 1. The van der Waals surface area contributed by atoms with E-state index in [-0.39, 0.29) is 30.8 Å². The van der Waals surface area contributed by atoms with Crippen LogP contribution in [0, 0.1) is 0 Å². The Morgan fingerprint density at radius 2 is 1.97 bits per heavy atom. The zero-order valence-corrected chi connectivity index (χ0v) is 17.5. The standard InChI is InChI=1S/C22H21ClN4O4/c1-26(22(31)24-15-7-5-14(23)6-8-15)11-13-3-2-4-16-17(13)12-27(21(16)30)18-9-10-19(28)25-20(18)29/h2-8,12,18,30H,9-11H2,1H3,(H,24,31)(H,25,28,29). The summed E-state index contributed by atoms with van der Waals surface area (Å²) in [5.41, 5.74) is 1.44. The molecule has 4 amide bonds. The van der Waals surface area contributed by atoms with Crippen LogP contribution >= 0.6 is 11.6 Å². The maximum atomic E-state index is 12.6. The number of benzene rings is 2. The summed E-state index contributed by atoms with van der Waals surface area (Å²) in [6.45, 7) is 0.287. The summed E-state index contributed by atoms with van der Waals surface area (Å²) in [7, 11) is 1.67. The Balaban J connectivity index is 1.56. The number of amides is 4. The van der Waals surface area contributed by atoms with Gasteiger partial charge in [0.1, 0.15) is 6.04 Å². The molecule has 1 aliphatic heterocycles. The normalized spacial score (nSPS) is 16.3. The molecule has 2 aromatic carbocycles. The molecule has 0 radical (unpaired) electrons. The first-order valence-electron chi connectivity index (χ1n) is 9.76. The molecule has 1 saturated heterocycles. The maximum absolute atomic E-state index is 12.6. The second-order valence-electron chi connectivity index (χ2n) is 7.50. The van der Waals surface area contributed by atoms with Gasteiger partial charge < -0.3 is 19.9 Å². The lowest BCUT2D eigenvalue weighted by atomic mass is 10.1. The quantitative estimate of drug-likeness (QED) is 0.539. The molecule has 1 aromatic heterocycles. The number of rotatable bonds is 4. The molecule has 3 aromatic rings. The highest BCUT2D eigenvalue weighted by molar-refractivity contribution is 6.30. The van der Waals surface area contributed by atoms with E-state index in [9.17, 15) is 19.5 Å². The van der Waals surface area contributed by atoms with Crippen molar-refractivity contribution in [3.05, 3.63) is 59.2 Å². The van der Waals surface area contributed by atoms with E-state index in [1.54, 1.807) is 49.6 Å². The molecule has 3 N–H and O–H groups in total. The fourth-order valence-electron chi connectivity index (χ4n) is 3.70. The number of anilines is 1. The van der Waals surface area contributed by atoms with Gasteiger partial charge >= 0.3 is 6.03 Å². The van der Waals surface area contributed by atoms with Crippen molar-refractivity contribution in [2.24, 2.45) is 0 Å². The van der Waals surface area contributed by atoms with Crippen molar-refractivity contribution in [3.63, 3.8) is 0 Å². The van der Waals surface area contributed by atoms with E-state index >= 15 is 0 Å². The van der Waals surface area contributed by atoms with Gasteiger partial charge in [-0.05, 0) is 42.3 Å². The van der Waals surface area contributed by atoms with Gasteiger partial charge in [-0.2, -0.15) is 0 Å². The van der Waals surface area contributed by atoms with E-state index in [0.717, 1.165) is 10.9 Å². The number of urea groups is 1. The lowest BCUT2D eigenvalue weighted by molar-refractivity contribution is -0.135. The summed E-state index contributed by atoms with van der Waals surface area (Å²) in [4.78, 5) is 37.8. The predicted molar refractivity (Wildman–Crippen MR) is 117 cm³/mol. The van der Waals surface area contributed by atoms with E-state index < -0.39 is 11.9 Å². The van der Waals surface area contributed by atoms with Crippen molar-refractivity contribution in [2.75, 3.05) is 12.4 Å². The van der Waals surface area contributed by atoms with Crippen LogP contribution in [-0.4, -0.2) is 39.5 Å². The van der Waals surface area contributed by atoms with Crippen molar-refractivity contribution < 1.29 is 19.5 Å². The molecule has 9 heteroatoms. The van der Waals surface area contributed by atoms with Crippen molar-refractivity contribution in [1.82, 2.24) is 14.8 Å². The van der Waals surface area contributed by atoms with Crippen molar-refractivity contribution in [2.45, 2.75) is 25.4 Å². The van der Waals surface area contributed by atoms with Gasteiger partial charge in [-0.1, -0.05) is 23.7 Å². The van der Waals surface area contributed by atoms with Crippen LogP contribution in [0.2, 0.25) is 5.02 Å². The number of carbonyl (C=O) groups is 3. The maximum Gasteiger partial charge on any atom is 0.321 e. The highest BCUT2D eigenvalue weighted by atomic mass is 35.5. The van der Waals surface area contributed by atoms with E-state index in [1.165, 1.54) is 9.47 Å². The van der Waals surface area contributed by atoms with Crippen LogP contribution in [-0.2, 0) is 16.1 Å². The van der Waals surface area contributed by atoms with Crippen LogP contribution in [0.5, 0.6) is 5.88 Å². The summed E-state index contributed by atoms with van der Waals surface area (Å²) in [5.74, 6) is -0.793. The molecule has 0 saturated carbocycles. The zero-order valence-electron chi connectivity index (χ0n) is 16.8. The fourth-order valence-corrected chi connectivity index (χ4v) is 3.83. The van der Waals surface area contributed by atoms with Gasteiger partial charge in [-0.3, -0.25) is 14.9 Å². The van der Waals surface area contributed by atoms with Gasteiger partial charge in [0.05, 0.1) is 0 Å².